The minimum absolute atomic E-state index is 0.0167. The number of hydrogen-bond donors (Lipinski definition) is 1. The summed E-state index contributed by atoms with van der Waals surface area (Å²) in [5.41, 5.74) is -0.104. The van der Waals surface area contributed by atoms with Gasteiger partial charge in [0.15, 0.2) is 0 Å². The first-order valence-corrected chi connectivity index (χ1v) is 6.78. The topological polar surface area (TPSA) is 55.1 Å². The Morgan fingerprint density at radius 2 is 2.05 bits per heavy atom. The van der Waals surface area contributed by atoms with E-state index in [-0.39, 0.29) is 22.4 Å². The van der Waals surface area contributed by atoms with Gasteiger partial charge in [-0.05, 0) is 39.0 Å². The molecule has 0 atom stereocenters. The van der Waals surface area contributed by atoms with Crippen LogP contribution in [0.15, 0.2) is 28.9 Å². The first-order valence-electron chi connectivity index (χ1n) is 5.99. The van der Waals surface area contributed by atoms with Crippen LogP contribution >= 0.6 is 15.9 Å². The number of aromatic nitrogens is 2. The first kappa shape index (κ1) is 14.7. The molecule has 6 heteroatoms. The Morgan fingerprint density at radius 3 is 2.60 bits per heavy atom. The molecule has 106 valence electrons. The number of carboxylic acid groups (broad SMARTS) is 1. The Balaban J connectivity index is 2.69. The van der Waals surface area contributed by atoms with Crippen molar-refractivity contribution in [3.63, 3.8) is 0 Å². The molecule has 0 aliphatic rings. The summed E-state index contributed by atoms with van der Waals surface area (Å²) in [7, 11) is 0. The number of benzene rings is 1. The highest BCUT2D eigenvalue weighted by atomic mass is 79.9. The third-order valence-electron chi connectivity index (χ3n) is 2.82. The van der Waals surface area contributed by atoms with Crippen LogP contribution in [0.3, 0.4) is 0 Å². The maximum atomic E-state index is 13.9. The summed E-state index contributed by atoms with van der Waals surface area (Å²) < 4.78 is 16.1. The van der Waals surface area contributed by atoms with E-state index in [1.165, 1.54) is 23.0 Å². The van der Waals surface area contributed by atoms with E-state index in [4.69, 9.17) is 0 Å². The third kappa shape index (κ3) is 2.75. The smallest absolute Gasteiger partial charge is 0.339 e. The molecule has 0 amide bonds. The fraction of sp³-hybridized carbons (Fsp3) is 0.286. The Bertz CT molecular complexity index is 674. The van der Waals surface area contributed by atoms with Gasteiger partial charge in [0, 0.05) is 16.2 Å². The van der Waals surface area contributed by atoms with Crippen LogP contribution in [0.1, 0.15) is 31.1 Å². The average molecular weight is 341 g/mol. The molecule has 0 aliphatic carbocycles. The lowest BCUT2D eigenvalue weighted by atomic mass is 10.1. The molecule has 1 aromatic heterocycles. The van der Waals surface area contributed by atoms with Gasteiger partial charge in [-0.15, -0.1) is 0 Å². The van der Waals surface area contributed by atoms with Crippen molar-refractivity contribution in [3.05, 3.63) is 40.2 Å². The van der Waals surface area contributed by atoms with E-state index < -0.39 is 11.8 Å². The number of rotatable bonds is 2. The van der Waals surface area contributed by atoms with Crippen LogP contribution in [0.5, 0.6) is 0 Å². The van der Waals surface area contributed by atoms with Crippen LogP contribution in [0.4, 0.5) is 4.39 Å². The van der Waals surface area contributed by atoms with Crippen molar-refractivity contribution < 1.29 is 14.3 Å². The van der Waals surface area contributed by atoms with E-state index in [0.29, 0.717) is 4.47 Å². The predicted molar refractivity (Wildman–Crippen MR) is 77.3 cm³/mol. The minimum atomic E-state index is -1.13. The fourth-order valence-electron chi connectivity index (χ4n) is 1.75. The Morgan fingerprint density at radius 1 is 1.40 bits per heavy atom. The van der Waals surface area contributed by atoms with Gasteiger partial charge in [-0.3, -0.25) is 4.68 Å². The zero-order chi connectivity index (χ0) is 15.1. The molecule has 0 saturated heterocycles. The number of nitrogens with zero attached hydrogens (tertiary/aromatic N) is 2. The van der Waals surface area contributed by atoms with Crippen LogP contribution in [-0.2, 0) is 5.54 Å². The molecule has 1 heterocycles. The summed E-state index contributed by atoms with van der Waals surface area (Å²) >= 11 is 3.25. The maximum Gasteiger partial charge on any atom is 0.339 e. The lowest BCUT2D eigenvalue weighted by Gasteiger charge is -2.18. The molecule has 2 aromatic rings. The van der Waals surface area contributed by atoms with Gasteiger partial charge in [0.1, 0.15) is 17.1 Å². The molecule has 0 unspecified atom stereocenters. The molecule has 0 saturated carbocycles. The largest absolute Gasteiger partial charge is 0.478 e. The zero-order valence-electron chi connectivity index (χ0n) is 11.3. The van der Waals surface area contributed by atoms with Gasteiger partial charge in [-0.25, -0.2) is 9.18 Å². The van der Waals surface area contributed by atoms with Crippen LogP contribution in [0.2, 0.25) is 0 Å². The number of carbonyl (C=O) groups is 1. The number of hydrogen-bond acceptors (Lipinski definition) is 2. The van der Waals surface area contributed by atoms with Gasteiger partial charge in [0.25, 0.3) is 0 Å². The van der Waals surface area contributed by atoms with E-state index in [9.17, 15) is 14.3 Å². The second-order valence-electron chi connectivity index (χ2n) is 5.44. The van der Waals surface area contributed by atoms with Crippen LogP contribution in [0, 0.1) is 5.82 Å². The quantitative estimate of drug-likeness (QED) is 0.901. The molecule has 1 N–H and O–H groups in total. The SMILES string of the molecule is CC(C)(C)n1cc(C(=O)O)c(-c2cc(Br)ccc2F)n1. The summed E-state index contributed by atoms with van der Waals surface area (Å²) in [6, 6.07) is 4.36. The van der Waals surface area contributed by atoms with Crippen molar-refractivity contribution in [2.75, 3.05) is 0 Å². The van der Waals surface area contributed by atoms with Gasteiger partial charge in [0.05, 0.1) is 5.54 Å². The second kappa shape index (κ2) is 5.01. The van der Waals surface area contributed by atoms with Crippen LogP contribution in [-0.4, -0.2) is 20.9 Å². The second-order valence-corrected chi connectivity index (χ2v) is 6.35. The van der Waals surface area contributed by atoms with Gasteiger partial charge in [-0.2, -0.15) is 5.10 Å². The maximum absolute atomic E-state index is 13.9. The van der Waals surface area contributed by atoms with E-state index in [2.05, 4.69) is 21.0 Å². The van der Waals surface area contributed by atoms with Crippen molar-refractivity contribution in [2.45, 2.75) is 26.3 Å². The molecule has 1 aromatic carbocycles. The van der Waals surface area contributed by atoms with E-state index in [1.54, 1.807) is 6.07 Å². The van der Waals surface area contributed by atoms with Gasteiger partial charge >= 0.3 is 5.97 Å². The zero-order valence-corrected chi connectivity index (χ0v) is 12.9. The van der Waals surface area contributed by atoms with E-state index in [0.717, 1.165) is 0 Å². The van der Waals surface area contributed by atoms with Crippen molar-refractivity contribution in [2.24, 2.45) is 0 Å². The molecule has 0 bridgehead atoms. The molecule has 0 fully saturated rings. The lowest BCUT2D eigenvalue weighted by Crippen LogP contribution is -2.22. The van der Waals surface area contributed by atoms with Gasteiger partial charge in [0.2, 0.25) is 0 Å². The molecular weight excluding hydrogens is 327 g/mol. The van der Waals surface area contributed by atoms with Crippen molar-refractivity contribution >= 4 is 21.9 Å². The standard InChI is InChI=1S/C14H14BrFN2O2/c1-14(2,3)18-7-10(13(19)20)12(17-18)9-6-8(15)4-5-11(9)16/h4-7H,1-3H3,(H,19,20). The minimum Gasteiger partial charge on any atom is -0.478 e. The molecule has 2 rings (SSSR count). The summed E-state index contributed by atoms with van der Waals surface area (Å²) in [5, 5.41) is 13.5. The summed E-state index contributed by atoms with van der Waals surface area (Å²) in [6.07, 6.45) is 1.43. The summed E-state index contributed by atoms with van der Waals surface area (Å²) in [4.78, 5) is 11.3. The number of carboxylic acids is 1. The van der Waals surface area contributed by atoms with Crippen LogP contribution < -0.4 is 0 Å². The van der Waals surface area contributed by atoms with Gasteiger partial charge < -0.3 is 5.11 Å². The van der Waals surface area contributed by atoms with Gasteiger partial charge in [-0.1, -0.05) is 15.9 Å². The number of halogens is 2. The van der Waals surface area contributed by atoms with Crippen LogP contribution in [0.25, 0.3) is 11.3 Å². The van der Waals surface area contributed by atoms with Crippen molar-refractivity contribution in [1.82, 2.24) is 9.78 Å². The highest BCUT2D eigenvalue weighted by molar-refractivity contribution is 9.10. The Labute approximate surface area is 124 Å². The summed E-state index contributed by atoms with van der Waals surface area (Å²) in [6.45, 7) is 5.69. The van der Waals surface area contributed by atoms with E-state index >= 15 is 0 Å². The van der Waals surface area contributed by atoms with E-state index in [1.807, 2.05) is 20.8 Å². The number of aromatic carboxylic acids is 1. The molecule has 20 heavy (non-hydrogen) atoms. The third-order valence-corrected chi connectivity index (χ3v) is 3.31. The average Bonchev–Trinajstić information content (AvgIpc) is 2.77. The van der Waals surface area contributed by atoms with Crippen molar-refractivity contribution in [1.29, 1.82) is 0 Å². The highest BCUT2D eigenvalue weighted by Crippen LogP contribution is 2.29. The van der Waals surface area contributed by atoms with Crippen molar-refractivity contribution in [3.8, 4) is 11.3 Å². The normalized spacial score (nSPS) is 11.7. The highest BCUT2D eigenvalue weighted by Gasteiger charge is 2.24. The first-order chi connectivity index (χ1) is 9.20. The summed E-state index contributed by atoms with van der Waals surface area (Å²) in [5.74, 6) is -1.63. The Hall–Kier alpha value is -1.69. The molecular formula is C14H14BrFN2O2. The lowest BCUT2D eigenvalue weighted by molar-refractivity contribution is 0.0697. The molecule has 0 aliphatic heterocycles. The fourth-order valence-corrected chi connectivity index (χ4v) is 2.11. The molecule has 0 spiro atoms. The monoisotopic (exact) mass is 340 g/mol. The molecule has 4 nitrogen and oxygen atoms in total. The molecule has 0 radical (unpaired) electrons. The predicted octanol–water partition coefficient (Wildman–Crippen LogP) is 3.90. The Kier molecular flexibility index (Phi) is 3.69.